The number of halogens is 1. The first-order chi connectivity index (χ1) is 13.1. The Balaban J connectivity index is 1.92. The van der Waals surface area contributed by atoms with Gasteiger partial charge in [-0.2, -0.15) is 5.10 Å². The quantitative estimate of drug-likeness (QED) is 0.634. The first-order valence-corrected chi connectivity index (χ1v) is 10.9. The molecule has 6 nitrogen and oxygen atoms in total. The zero-order chi connectivity index (χ0) is 20.5. The lowest BCUT2D eigenvalue weighted by Crippen LogP contribution is -2.21. The van der Waals surface area contributed by atoms with E-state index in [1.807, 2.05) is 13.8 Å². The minimum atomic E-state index is -3.23. The van der Waals surface area contributed by atoms with Crippen LogP contribution < -0.4 is 5.56 Å². The highest BCUT2D eigenvalue weighted by Crippen LogP contribution is 2.24. The summed E-state index contributed by atoms with van der Waals surface area (Å²) < 4.78 is 40.5. The van der Waals surface area contributed by atoms with Crippen molar-refractivity contribution >= 4 is 9.84 Å². The summed E-state index contributed by atoms with van der Waals surface area (Å²) in [6.07, 6.45) is 6.05. The molecule has 148 valence electrons. The number of sulfone groups is 1. The van der Waals surface area contributed by atoms with Crippen molar-refractivity contribution in [1.29, 1.82) is 0 Å². The van der Waals surface area contributed by atoms with Gasteiger partial charge in [0.2, 0.25) is 0 Å². The van der Waals surface area contributed by atoms with E-state index < -0.39 is 15.7 Å². The standard InChI is InChI=1S/C20H22FN3O3S/c1-14(2)10-23-12-17(5-7-20(23)25)24-11-16(9-22-24)18-6-4-15(8-19(18)21)13-28(3,26)27/h4-9,11-12,14H,10,13H2,1-3H3. The molecule has 0 aliphatic rings. The lowest BCUT2D eigenvalue weighted by atomic mass is 10.1. The van der Waals surface area contributed by atoms with Crippen LogP contribution in [-0.2, 0) is 22.1 Å². The lowest BCUT2D eigenvalue weighted by molar-refractivity contribution is 0.509. The monoisotopic (exact) mass is 403 g/mol. The molecule has 0 aliphatic carbocycles. The molecule has 0 unspecified atom stereocenters. The Hall–Kier alpha value is -2.74. The molecule has 2 aromatic heterocycles. The average Bonchev–Trinajstić information content (AvgIpc) is 3.05. The molecule has 0 atom stereocenters. The third-order valence-corrected chi connectivity index (χ3v) is 5.01. The van der Waals surface area contributed by atoms with Gasteiger partial charge in [-0.3, -0.25) is 4.79 Å². The van der Waals surface area contributed by atoms with Crippen molar-refractivity contribution in [2.45, 2.75) is 26.1 Å². The predicted molar refractivity (Wildman–Crippen MR) is 107 cm³/mol. The zero-order valence-corrected chi connectivity index (χ0v) is 16.8. The number of pyridine rings is 1. The summed E-state index contributed by atoms with van der Waals surface area (Å²) in [5, 5.41) is 4.27. The van der Waals surface area contributed by atoms with E-state index in [1.54, 1.807) is 39.8 Å². The van der Waals surface area contributed by atoms with Crippen LogP contribution in [0.25, 0.3) is 16.8 Å². The largest absolute Gasteiger partial charge is 0.313 e. The third kappa shape index (κ3) is 4.75. The normalized spacial score (nSPS) is 11.9. The molecule has 0 spiro atoms. The van der Waals surface area contributed by atoms with Crippen LogP contribution in [0.3, 0.4) is 0 Å². The van der Waals surface area contributed by atoms with Crippen LogP contribution in [0, 0.1) is 11.7 Å². The second-order valence-electron chi connectivity index (χ2n) is 7.33. The molecule has 8 heteroatoms. The third-order valence-electron chi connectivity index (χ3n) is 4.15. The Kier molecular flexibility index (Phi) is 5.51. The number of aromatic nitrogens is 3. The predicted octanol–water partition coefficient (Wildman–Crippen LogP) is 3.04. The Morgan fingerprint density at radius 1 is 1.14 bits per heavy atom. The van der Waals surface area contributed by atoms with Crippen LogP contribution in [0.1, 0.15) is 19.4 Å². The van der Waals surface area contributed by atoms with E-state index in [9.17, 15) is 17.6 Å². The molecule has 0 N–H and O–H groups in total. The Labute approximate surface area is 163 Å². The van der Waals surface area contributed by atoms with Crippen LogP contribution in [0.2, 0.25) is 0 Å². The minimum absolute atomic E-state index is 0.0858. The molecule has 2 heterocycles. The minimum Gasteiger partial charge on any atom is -0.313 e. The number of hydrogen-bond donors (Lipinski definition) is 0. The van der Waals surface area contributed by atoms with Gasteiger partial charge in [-0.1, -0.05) is 26.0 Å². The van der Waals surface area contributed by atoms with Gasteiger partial charge in [-0.15, -0.1) is 0 Å². The van der Waals surface area contributed by atoms with E-state index in [1.165, 1.54) is 18.3 Å². The second kappa shape index (κ2) is 7.71. The van der Waals surface area contributed by atoms with Crippen molar-refractivity contribution in [3.05, 3.63) is 70.7 Å². The molecule has 1 aromatic carbocycles. The number of nitrogens with zero attached hydrogens (tertiary/aromatic N) is 3. The van der Waals surface area contributed by atoms with Crippen LogP contribution >= 0.6 is 0 Å². The Morgan fingerprint density at radius 2 is 1.89 bits per heavy atom. The summed E-state index contributed by atoms with van der Waals surface area (Å²) in [4.78, 5) is 12.0. The van der Waals surface area contributed by atoms with E-state index in [0.29, 0.717) is 34.8 Å². The van der Waals surface area contributed by atoms with E-state index in [0.717, 1.165) is 6.26 Å². The summed E-state index contributed by atoms with van der Waals surface area (Å²) in [5.74, 6) is -0.396. The maximum absolute atomic E-state index is 14.5. The highest BCUT2D eigenvalue weighted by atomic mass is 32.2. The van der Waals surface area contributed by atoms with Gasteiger partial charge in [0.25, 0.3) is 5.56 Å². The first kappa shape index (κ1) is 20.0. The summed E-state index contributed by atoms with van der Waals surface area (Å²) >= 11 is 0. The van der Waals surface area contributed by atoms with Crippen LogP contribution in [0.4, 0.5) is 4.39 Å². The van der Waals surface area contributed by atoms with Gasteiger partial charge in [0.05, 0.1) is 17.6 Å². The first-order valence-electron chi connectivity index (χ1n) is 8.84. The van der Waals surface area contributed by atoms with Crippen molar-refractivity contribution < 1.29 is 12.8 Å². The van der Waals surface area contributed by atoms with Crippen LogP contribution in [0.5, 0.6) is 0 Å². The molecule has 0 bridgehead atoms. The van der Waals surface area contributed by atoms with Gasteiger partial charge >= 0.3 is 0 Å². The van der Waals surface area contributed by atoms with Crippen molar-refractivity contribution in [1.82, 2.24) is 14.3 Å². The van der Waals surface area contributed by atoms with Crippen molar-refractivity contribution in [2.24, 2.45) is 5.92 Å². The summed E-state index contributed by atoms with van der Waals surface area (Å²) in [7, 11) is -3.23. The molecular weight excluding hydrogens is 381 g/mol. The van der Waals surface area contributed by atoms with E-state index in [4.69, 9.17) is 0 Å². The number of hydrogen-bond acceptors (Lipinski definition) is 4. The Morgan fingerprint density at radius 3 is 2.54 bits per heavy atom. The van der Waals surface area contributed by atoms with Gasteiger partial charge in [0.1, 0.15) is 5.82 Å². The SMILES string of the molecule is CC(C)Cn1cc(-n2cc(-c3ccc(CS(C)(=O)=O)cc3F)cn2)ccc1=O. The fraction of sp³-hybridized carbons (Fsp3) is 0.300. The summed E-state index contributed by atoms with van der Waals surface area (Å²) in [6, 6.07) is 7.54. The molecule has 0 amide bonds. The highest BCUT2D eigenvalue weighted by molar-refractivity contribution is 7.89. The van der Waals surface area contributed by atoms with E-state index in [2.05, 4.69) is 5.10 Å². The van der Waals surface area contributed by atoms with Gasteiger partial charge in [0, 0.05) is 42.4 Å². The van der Waals surface area contributed by atoms with E-state index >= 15 is 0 Å². The molecule has 28 heavy (non-hydrogen) atoms. The van der Waals surface area contributed by atoms with Crippen molar-refractivity contribution in [2.75, 3.05) is 6.26 Å². The molecular formula is C20H22FN3O3S. The van der Waals surface area contributed by atoms with Crippen LogP contribution in [0.15, 0.2) is 53.7 Å². The fourth-order valence-electron chi connectivity index (χ4n) is 2.98. The number of rotatable bonds is 6. The maximum atomic E-state index is 14.5. The molecule has 0 aliphatic heterocycles. The maximum Gasteiger partial charge on any atom is 0.250 e. The van der Waals surface area contributed by atoms with Crippen molar-refractivity contribution in [3.63, 3.8) is 0 Å². The summed E-state index contributed by atoms with van der Waals surface area (Å²) in [6.45, 7) is 4.65. The lowest BCUT2D eigenvalue weighted by Gasteiger charge is -2.10. The van der Waals surface area contributed by atoms with Gasteiger partial charge in [-0.25, -0.2) is 17.5 Å². The van der Waals surface area contributed by atoms with Gasteiger partial charge in [-0.05, 0) is 23.6 Å². The van der Waals surface area contributed by atoms with E-state index in [-0.39, 0.29) is 11.3 Å². The molecule has 3 rings (SSSR count). The molecule has 0 saturated carbocycles. The zero-order valence-electron chi connectivity index (χ0n) is 16.0. The smallest absolute Gasteiger partial charge is 0.250 e. The summed E-state index contributed by atoms with van der Waals surface area (Å²) in [5.41, 5.74) is 1.90. The molecule has 3 aromatic rings. The van der Waals surface area contributed by atoms with Gasteiger partial charge in [0.15, 0.2) is 9.84 Å². The van der Waals surface area contributed by atoms with Crippen LogP contribution in [-0.4, -0.2) is 29.0 Å². The highest BCUT2D eigenvalue weighted by Gasteiger charge is 2.12. The molecule has 0 radical (unpaired) electrons. The molecule has 0 fully saturated rings. The van der Waals surface area contributed by atoms with Gasteiger partial charge < -0.3 is 4.57 Å². The molecule has 0 saturated heterocycles. The Bertz CT molecular complexity index is 1160. The topological polar surface area (TPSA) is 74.0 Å². The number of benzene rings is 1. The second-order valence-corrected chi connectivity index (χ2v) is 9.47. The fourth-order valence-corrected chi connectivity index (χ4v) is 3.76. The van der Waals surface area contributed by atoms with Crippen molar-refractivity contribution in [3.8, 4) is 16.8 Å². The average molecular weight is 403 g/mol.